The van der Waals surface area contributed by atoms with Crippen LogP contribution in [0.2, 0.25) is 0 Å². The molecule has 0 aliphatic heterocycles. The summed E-state index contributed by atoms with van der Waals surface area (Å²) in [4.78, 5) is 15.8. The third-order valence-corrected chi connectivity index (χ3v) is 2.69. The largest absolute Gasteiger partial charge is 0.348 e. The monoisotopic (exact) mass is 244 g/mol. The van der Waals surface area contributed by atoms with Gasteiger partial charge in [-0.1, -0.05) is 0 Å². The molecule has 0 saturated carbocycles. The van der Waals surface area contributed by atoms with Crippen LogP contribution in [0.25, 0.3) is 0 Å². The minimum absolute atomic E-state index is 0.224. The zero-order chi connectivity index (χ0) is 13.0. The smallest absolute Gasteiger partial charge is 0.251 e. The van der Waals surface area contributed by atoms with Crippen LogP contribution in [0.15, 0.2) is 42.7 Å². The van der Waals surface area contributed by atoms with E-state index in [1.165, 1.54) is 24.3 Å². The summed E-state index contributed by atoms with van der Waals surface area (Å²) in [5.41, 5.74) is 2.48. The number of aromatic nitrogens is 1. The minimum Gasteiger partial charge on any atom is -0.348 e. The van der Waals surface area contributed by atoms with E-state index in [2.05, 4.69) is 10.3 Å². The molecule has 1 aromatic carbocycles. The van der Waals surface area contributed by atoms with E-state index in [0.29, 0.717) is 12.1 Å². The molecule has 1 heterocycles. The Morgan fingerprint density at radius 3 is 2.67 bits per heavy atom. The van der Waals surface area contributed by atoms with Gasteiger partial charge in [0.2, 0.25) is 0 Å². The van der Waals surface area contributed by atoms with Crippen LogP contribution in [-0.2, 0) is 6.54 Å². The molecule has 0 unspecified atom stereocenters. The second kappa shape index (κ2) is 5.40. The molecule has 0 atom stereocenters. The first-order valence-electron chi connectivity index (χ1n) is 5.60. The second-order valence-corrected chi connectivity index (χ2v) is 3.99. The molecule has 0 spiro atoms. The van der Waals surface area contributed by atoms with Crippen molar-refractivity contribution in [2.45, 2.75) is 13.5 Å². The Balaban J connectivity index is 2.01. The van der Waals surface area contributed by atoms with E-state index >= 15 is 0 Å². The quantitative estimate of drug-likeness (QED) is 0.901. The first kappa shape index (κ1) is 12.2. The van der Waals surface area contributed by atoms with Crippen molar-refractivity contribution in [2.75, 3.05) is 0 Å². The van der Waals surface area contributed by atoms with E-state index in [1.807, 2.05) is 13.0 Å². The van der Waals surface area contributed by atoms with Gasteiger partial charge in [0.05, 0.1) is 0 Å². The van der Waals surface area contributed by atoms with Crippen LogP contribution in [0, 0.1) is 12.7 Å². The number of amides is 1. The van der Waals surface area contributed by atoms with Gasteiger partial charge in [-0.15, -0.1) is 0 Å². The van der Waals surface area contributed by atoms with Gasteiger partial charge in [-0.2, -0.15) is 0 Å². The second-order valence-electron chi connectivity index (χ2n) is 3.99. The van der Waals surface area contributed by atoms with Crippen molar-refractivity contribution < 1.29 is 9.18 Å². The molecule has 2 rings (SSSR count). The molecule has 1 amide bonds. The normalized spacial score (nSPS) is 10.1. The first-order chi connectivity index (χ1) is 8.66. The fourth-order valence-electron chi connectivity index (χ4n) is 1.56. The maximum absolute atomic E-state index is 12.7. The number of aryl methyl sites for hydroxylation is 1. The number of nitrogens with one attached hydrogen (secondary N) is 1. The molecule has 0 fully saturated rings. The molecular formula is C14H13FN2O. The summed E-state index contributed by atoms with van der Waals surface area (Å²) < 4.78 is 12.7. The average molecular weight is 244 g/mol. The number of benzene rings is 1. The molecule has 3 nitrogen and oxygen atoms in total. The fraction of sp³-hybridized carbons (Fsp3) is 0.143. The van der Waals surface area contributed by atoms with Crippen LogP contribution in [0.4, 0.5) is 4.39 Å². The molecule has 0 bridgehead atoms. The molecule has 2 aromatic rings. The number of rotatable bonds is 3. The van der Waals surface area contributed by atoms with Gasteiger partial charge in [-0.25, -0.2) is 4.39 Å². The van der Waals surface area contributed by atoms with Gasteiger partial charge in [-0.05, 0) is 48.4 Å². The molecule has 4 heteroatoms. The standard InChI is InChI=1S/C14H13FN2O/c1-10-6-7-16-8-12(10)9-17-14(18)11-2-4-13(15)5-3-11/h2-8H,9H2,1H3,(H,17,18). The van der Waals surface area contributed by atoms with E-state index in [9.17, 15) is 9.18 Å². The number of hydrogen-bond donors (Lipinski definition) is 1. The summed E-state index contributed by atoms with van der Waals surface area (Å²) in [5, 5.41) is 2.77. The Morgan fingerprint density at radius 2 is 2.00 bits per heavy atom. The molecule has 1 aromatic heterocycles. The lowest BCUT2D eigenvalue weighted by Crippen LogP contribution is -2.23. The van der Waals surface area contributed by atoms with E-state index in [0.717, 1.165) is 11.1 Å². The third kappa shape index (κ3) is 2.91. The molecular weight excluding hydrogens is 231 g/mol. The van der Waals surface area contributed by atoms with Gasteiger partial charge in [0.25, 0.3) is 5.91 Å². The Hall–Kier alpha value is -2.23. The fourth-order valence-corrected chi connectivity index (χ4v) is 1.56. The Morgan fingerprint density at radius 1 is 1.28 bits per heavy atom. The lowest BCUT2D eigenvalue weighted by atomic mass is 10.1. The summed E-state index contributed by atoms with van der Waals surface area (Å²) in [6.07, 6.45) is 3.43. The highest BCUT2D eigenvalue weighted by atomic mass is 19.1. The lowest BCUT2D eigenvalue weighted by molar-refractivity contribution is 0.0951. The minimum atomic E-state index is -0.352. The molecule has 0 saturated heterocycles. The first-order valence-corrected chi connectivity index (χ1v) is 5.60. The highest BCUT2D eigenvalue weighted by Crippen LogP contribution is 2.06. The van der Waals surface area contributed by atoms with Crippen molar-refractivity contribution in [3.63, 3.8) is 0 Å². The van der Waals surface area contributed by atoms with Crippen molar-refractivity contribution in [1.82, 2.24) is 10.3 Å². The highest BCUT2D eigenvalue weighted by Gasteiger charge is 2.06. The van der Waals surface area contributed by atoms with Gasteiger partial charge < -0.3 is 5.32 Å². The van der Waals surface area contributed by atoms with Gasteiger partial charge >= 0.3 is 0 Å². The zero-order valence-corrected chi connectivity index (χ0v) is 9.98. The summed E-state index contributed by atoms with van der Waals surface area (Å²) in [6.45, 7) is 2.37. The van der Waals surface area contributed by atoms with Crippen molar-refractivity contribution in [1.29, 1.82) is 0 Å². The summed E-state index contributed by atoms with van der Waals surface area (Å²) in [6, 6.07) is 7.34. The SMILES string of the molecule is Cc1ccncc1CNC(=O)c1ccc(F)cc1. The molecule has 0 aliphatic rings. The van der Waals surface area contributed by atoms with E-state index in [-0.39, 0.29) is 11.7 Å². The Labute approximate surface area is 105 Å². The summed E-state index contributed by atoms with van der Waals surface area (Å²) in [7, 11) is 0. The maximum atomic E-state index is 12.7. The topological polar surface area (TPSA) is 42.0 Å². The molecule has 0 radical (unpaired) electrons. The van der Waals surface area contributed by atoms with Gasteiger partial charge in [-0.3, -0.25) is 9.78 Å². The van der Waals surface area contributed by atoms with Crippen LogP contribution in [-0.4, -0.2) is 10.9 Å². The Bertz CT molecular complexity index is 552. The highest BCUT2D eigenvalue weighted by molar-refractivity contribution is 5.94. The Kier molecular flexibility index (Phi) is 3.67. The predicted octanol–water partition coefficient (Wildman–Crippen LogP) is 2.46. The summed E-state index contributed by atoms with van der Waals surface area (Å²) in [5.74, 6) is -0.576. The molecule has 1 N–H and O–H groups in total. The van der Waals surface area contributed by atoms with Crippen molar-refractivity contribution in [3.05, 3.63) is 65.2 Å². The van der Waals surface area contributed by atoms with Crippen molar-refractivity contribution >= 4 is 5.91 Å². The summed E-state index contributed by atoms with van der Waals surface area (Å²) >= 11 is 0. The average Bonchev–Trinajstić information content (AvgIpc) is 2.38. The molecule has 0 aliphatic carbocycles. The molecule has 18 heavy (non-hydrogen) atoms. The number of carbonyl (C=O) groups excluding carboxylic acids is 1. The van der Waals surface area contributed by atoms with Crippen molar-refractivity contribution in [2.24, 2.45) is 0 Å². The third-order valence-electron chi connectivity index (χ3n) is 2.69. The van der Waals surface area contributed by atoms with E-state index in [1.54, 1.807) is 12.4 Å². The lowest BCUT2D eigenvalue weighted by Gasteiger charge is -2.07. The van der Waals surface area contributed by atoms with Gasteiger partial charge in [0.1, 0.15) is 5.82 Å². The zero-order valence-electron chi connectivity index (χ0n) is 9.98. The van der Waals surface area contributed by atoms with Gasteiger partial charge in [0.15, 0.2) is 0 Å². The van der Waals surface area contributed by atoms with Crippen LogP contribution < -0.4 is 5.32 Å². The number of pyridine rings is 1. The van der Waals surface area contributed by atoms with E-state index in [4.69, 9.17) is 0 Å². The van der Waals surface area contributed by atoms with Crippen LogP contribution in [0.1, 0.15) is 21.5 Å². The van der Waals surface area contributed by atoms with Crippen molar-refractivity contribution in [3.8, 4) is 0 Å². The van der Waals surface area contributed by atoms with E-state index < -0.39 is 0 Å². The number of carbonyl (C=O) groups is 1. The van der Waals surface area contributed by atoms with Crippen LogP contribution in [0.3, 0.4) is 0 Å². The van der Waals surface area contributed by atoms with Gasteiger partial charge in [0, 0.05) is 24.5 Å². The maximum Gasteiger partial charge on any atom is 0.251 e. The number of hydrogen-bond acceptors (Lipinski definition) is 2. The van der Waals surface area contributed by atoms with Crippen LogP contribution in [0.5, 0.6) is 0 Å². The number of halogens is 1. The number of nitrogens with zero attached hydrogens (tertiary/aromatic N) is 1. The molecule has 92 valence electrons. The van der Waals surface area contributed by atoms with Crippen LogP contribution >= 0.6 is 0 Å². The predicted molar refractivity (Wildman–Crippen MR) is 66.5 cm³/mol.